The third-order valence-electron chi connectivity index (χ3n) is 5.14. The van der Waals surface area contributed by atoms with E-state index in [2.05, 4.69) is 63.7 Å². The van der Waals surface area contributed by atoms with Crippen LogP contribution in [0.4, 0.5) is 0 Å². The molecule has 0 unspecified atom stereocenters. The second-order valence-corrected chi connectivity index (χ2v) is 6.81. The summed E-state index contributed by atoms with van der Waals surface area (Å²) in [6.45, 7) is 0. The highest BCUT2D eigenvalue weighted by Crippen LogP contribution is 2.33. The zero-order valence-corrected chi connectivity index (χ0v) is 15.0. The molecule has 3 aromatic heterocycles. The molecule has 0 bridgehead atoms. The maximum absolute atomic E-state index is 4.99. The van der Waals surface area contributed by atoms with Crippen molar-refractivity contribution < 1.29 is 0 Å². The standard InChI is InChI=1S/C24H16N4/c1-3-9-17(10-4-1)24-25-19-14-15-20-22(26-21-13-7-8-16-27(20)21)23(19)28(24)18-11-5-2-6-12-18/h1-16H. The number of hydrogen-bond acceptors (Lipinski definition) is 2. The molecule has 0 amide bonds. The molecule has 0 aliphatic rings. The maximum atomic E-state index is 4.99. The predicted octanol–water partition coefficient (Wildman–Crippen LogP) is 5.49. The molecule has 0 saturated heterocycles. The highest BCUT2D eigenvalue weighted by atomic mass is 15.1. The van der Waals surface area contributed by atoms with Crippen LogP contribution in [0.25, 0.3) is 44.8 Å². The fraction of sp³-hybridized carbons (Fsp3) is 0. The summed E-state index contributed by atoms with van der Waals surface area (Å²) in [6, 6.07) is 31.0. The average molecular weight is 360 g/mol. The van der Waals surface area contributed by atoms with Crippen molar-refractivity contribution in [2.75, 3.05) is 0 Å². The molecule has 0 N–H and O–H groups in total. The van der Waals surface area contributed by atoms with Gasteiger partial charge in [-0.05, 0) is 36.4 Å². The summed E-state index contributed by atoms with van der Waals surface area (Å²) in [5.74, 6) is 0.923. The van der Waals surface area contributed by atoms with Gasteiger partial charge in [-0.3, -0.25) is 8.97 Å². The van der Waals surface area contributed by atoms with Crippen molar-refractivity contribution in [3.8, 4) is 17.1 Å². The summed E-state index contributed by atoms with van der Waals surface area (Å²) in [5.41, 5.74) is 7.12. The van der Waals surface area contributed by atoms with Gasteiger partial charge in [-0.15, -0.1) is 0 Å². The van der Waals surface area contributed by atoms with Crippen LogP contribution in [0, 0.1) is 0 Å². The Balaban J connectivity index is 1.81. The lowest BCUT2D eigenvalue weighted by Crippen LogP contribution is -1.97. The molecule has 0 fully saturated rings. The van der Waals surface area contributed by atoms with E-state index >= 15 is 0 Å². The van der Waals surface area contributed by atoms with E-state index in [1.807, 2.05) is 42.5 Å². The van der Waals surface area contributed by atoms with Crippen molar-refractivity contribution in [1.82, 2.24) is 18.9 Å². The maximum Gasteiger partial charge on any atom is 0.145 e. The minimum atomic E-state index is 0.923. The van der Waals surface area contributed by atoms with Crippen molar-refractivity contribution in [2.45, 2.75) is 0 Å². The van der Waals surface area contributed by atoms with Crippen LogP contribution in [-0.4, -0.2) is 18.9 Å². The number of imidazole rings is 2. The van der Waals surface area contributed by atoms with Gasteiger partial charge in [-0.2, -0.15) is 0 Å². The Bertz CT molecular complexity index is 1440. The predicted molar refractivity (Wildman–Crippen MR) is 113 cm³/mol. The summed E-state index contributed by atoms with van der Waals surface area (Å²) in [4.78, 5) is 9.93. The van der Waals surface area contributed by atoms with E-state index in [-0.39, 0.29) is 0 Å². The number of benzene rings is 3. The number of aromatic nitrogens is 4. The fourth-order valence-electron chi connectivity index (χ4n) is 3.90. The molecule has 0 aliphatic heterocycles. The number of pyridine rings is 1. The van der Waals surface area contributed by atoms with Crippen molar-refractivity contribution in [2.24, 2.45) is 0 Å². The summed E-state index contributed by atoms with van der Waals surface area (Å²) >= 11 is 0. The highest BCUT2D eigenvalue weighted by Gasteiger charge is 2.18. The second-order valence-electron chi connectivity index (χ2n) is 6.81. The zero-order chi connectivity index (χ0) is 18.5. The topological polar surface area (TPSA) is 35.1 Å². The second kappa shape index (κ2) is 5.79. The van der Waals surface area contributed by atoms with Gasteiger partial charge in [0.05, 0.1) is 11.0 Å². The van der Waals surface area contributed by atoms with Gasteiger partial charge in [-0.25, -0.2) is 9.97 Å². The molecule has 4 heteroatoms. The van der Waals surface area contributed by atoms with Gasteiger partial charge in [0.1, 0.15) is 22.5 Å². The lowest BCUT2D eigenvalue weighted by atomic mass is 10.2. The molecule has 0 atom stereocenters. The van der Waals surface area contributed by atoms with E-state index < -0.39 is 0 Å². The summed E-state index contributed by atoms with van der Waals surface area (Å²) in [6.07, 6.45) is 2.05. The SMILES string of the molecule is c1ccc(-c2nc3ccc4c(nc5ccccn54)c3n2-c2ccccc2)cc1. The summed E-state index contributed by atoms with van der Waals surface area (Å²) < 4.78 is 4.35. The van der Waals surface area contributed by atoms with E-state index in [1.54, 1.807) is 0 Å². The van der Waals surface area contributed by atoms with Gasteiger partial charge in [0.2, 0.25) is 0 Å². The van der Waals surface area contributed by atoms with E-state index in [1.165, 1.54) is 0 Å². The van der Waals surface area contributed by atoms with Crippen molar-refractivity contribution in [3.63, 3.8) is 0 Å². The van der Waals surface area contributed by atoms with Crippen molar-refractivity contribution >= 4 is 27.7 Å². The monoisotopic (exact) mass is 360 g/mol. The number of para-hydroxylation sites is 1. The van der Waals surface area contributed by atoms with Gasteiger partial charge in [0.25, 0.3) is 0 Å². The van der Waals surface area contributed by atoms with Gasteiger partial charge >= 0.3 is 0 Å². The summed E-state index contributed by atoms with van der Waals surface area (Å²) in [7, 11) is 0. The van der Waals surface area contributed by atoms with Crippen LogP contribution in [0.2, 0.25) is 0 Å². The summed E-state index contributed by atoms with van der Waals surface area (Å²) in [5, 5.41) is 0. The number of fused-ring (bicyclic) bond motifs is 5. The van der Waals surface area contributed by atoms with Gasteiger partial charge in [-0.1, -0.05) is 54.6 Å². The van der Waals surface area contributed by atoms with E-state index in [0.717, 1.165) is 44.8 Å². The first kappa shape index (κ1) is 15.2. The lowest BCUT2D eigenvalue weighted by Gasteiger charge is -2.09. The third-order valence-corrected chi connectivity index (χ3v) is 5.14. The molecular weight excluding hydrogens is 344 g/mol. The fourth-order valence-corrected chi connectivity index (χ4v) is 3.90. The Morgan fingerprint density at radius 3 is 2.21 bits per heavy atom. The van der Waals surface area contributed by atoms with Crippen LogP contribution in [0.5, 0.6) is 0 Å². The van der Waals surface area contributed by atoms with E-state index in [0.29, 0.717) is 0 Å². The van der Waals surface area contributed by atoms with Crippen LogP contribution < -0.4 is 0 Å². The Hall–Kier alpha value is -3.92. The molecule has 0 radical (unpaired) electrons. The molecule has 6 aromatic rings. The van der Waals surface area contributed by atoms with Crippen LogP contribution >= 0.6 is 0 Å². The van der Waals surface area contributed by atoms with Crippen molar-refractivity contribution in [3.05, 3.63) is 97.2 Å². The smallest absolute Gasteiger partial charge is 0.145 e. The molecule has 0 spiro atoms. The molecule has 0 saturated carbocycles. The third kappa shape index (κ3) is 2.12. The van der Waals surface area contributed by atoms with Crippen LogP contribution in [-0.2, 0) is 0 Å². The Morgan fingerprint density at radius 1 is 0.643 bits per heavy atom. The first-order chi connectivity index (χ1) is 13.9. The number of nitrogens with zero attached hydrogens (tertiary/aromatic N) is 4. The highest BCUT2D eigenvalue weighted by molar-refractivity contribution is 6.04. The first-order valence-corrected chi connectivity index (χ1v) is 9.29. The van der Waals surface area contributed by atoms with Crippen LogP contribution in [0.1, 0.15) is 0 Å². The Morgan fingerprint density at radius 2 is 1.39 bits per heavy atom. The minimum Gasteiger partial charge on any atom is -0.300 e. The molecule has 6 rings (SSSR count). The van der Waals surface area contributed by atoms with Crippen LogP contribution in [0.3, 0.4) is 0 Å². The van der Waals surface area contributed by atoms with Crippen molar-refractivity contribution in [1.29, 1.82) is 0 Å². The van der Waals surface area contributed by atoms with Crippen LogP contribution in [0.15, 0.2) is 97.2 Å². The minimum absolute atomic E-state index is 0.923. The molecular formula is C24H16N4. The average Bonchev–Trinajstić information content (AvgIpc) is 3.33. The van der Waals surface area contributed by atoms with E-state index in [4.69, 9.17) is 9.97 Å². The number of hydrogen-bond donors (Lipinski definition) is 0. The lowest BCUT2D eigenvalue weighted by molar-refractivity contribution is 1.10. The normalized spacial score (nSPS) is 11.6. The van der Waals surface area contributed by atoms with E-state index in [9.17, 15) is 0 Å². The van der Waals surface area contributed by atoms with Gasteiger partial charge < -0.3 is 0 Å². The molecule has 3 heterocycles. The quantitative estimate of drug-likeness (QED) is 0.409. The largest absolute Gasteiger partial charge is 0.300 e. The molecule has 132 valence electrons. The van der Waals surface area contributed by atoms with Gasteiger partial charge in [0, 0.05) is 17.4 Å². The first-order valence-electron chi connectivity index (χ1n) is 9.29. The molecule has 4 nitrogen and oxygen atoms in total. The zero-order valence-electron chi connectivity index (χ0n) is 15.0. The Labute approximate surface area is 161 Å². The molecule has 0 aliphatic carbocycles. The molecule has 3 aromatic carbocycles. The molecule has 28 heavy (non-hydrogen) atoms. The van der Waals surface area contributed by atoms with Gasteiger partial charge in [0.15, 0.2) is 0 Å². The number of rotatable bonds is 2. The Kier molecular flexibility index (Phi) is 3.14.